The van der Waals surface area contributed by atoms with Crippen molar-refractivity contribution in [3.8, 4) is 5.75 Å². The fourth-order valence-corrected chi connectivity index (χ4v) is 3.44. The number of benzene rings is 1. The lowest BCUT2D eigenvalue weighted by Crippen LogP contribution is -2.60. The Labute approximate surface area is 165 Å². The molecule has 0 aliphatic carbocycles. The van der Waals surface area contributed by atoms with Crippen LogP contribution in [-0.4, -0.2) is 109 Å². The van der Waals surface area contributed by atoms with Crippen molar-refractivity contribution in [1.82, 2.24) is 0 Å². The van der Waals surface area contributed by atoms with E-state index in [1.807, 2.05) is 0 Å². The Morgan fingerprint density at radius 3 is 1.93 bits per heavy atom. The predicted molar refractivity (Wildman–Crippen MR) is 93.6 cm³/mol. The molecule has 0 unspecified atom stereocenters. The monoisotopic (exact) mass is 418 g/mol. The van der Waals surface area contributed by atoms with Crippen molar-refractivity contribution in [2.45, 2.75) is 61.2 Å². The van der Waals surface area contributed by atoms with Crippen molar-refractivity contribution < 1.29 is 55.1 Å². The van der Waals surface area contributed by atoms with Crippen LogP contribution in [0.5, 0.6) is 5.75 Å². The van der Waals surface area contributed by atoms with E-state index in [2.05, 4.69) is 0 Å². The number of aliphatic hydroxyl groups excluding tert-OH is 8. The Kier molecular flexibility index (Phi) is 7.06. The van der Waals surface area contributed by atoms with Gasteiger partial charge in [-0.3, -0.25) is 0 Å². The Balaban J connectivity index is 1.77. The molecule has 164 valence electrons. The van der Waals surface area contributed by atoms with E-state index in [9.17, 15) is 40.9 Å². The number of hydrogen-bond donors (Lipinski definition) is 8. The number of aliphatic hydroxyl groups is 8. The summed E-state index contributed by atoms with van der Waals surface area (Å²) in [5.41, 5.74) is 0.351. The fourth-order valence-electron chi connectivity index (χ4n) is 3.44. The van der Waals surface area contributed by atoms with E-state index in [0.717, 1.165) is 0 Å². The van der Waals surface area contributed by atoms with Crippen molar-refractivity contribution in [3.05, 3.63) is 29.8 Å². The van der Waals surface area contributed by atoms with Gasteiger partial charge in [-0.15, -0.1) is 0 Å². The summed E-state index contributed by atoms with van der Waals surface area (Å²) in [7, 11) is 0. The molecule has 2 heterocycles. The zero-order valence-electron chi connectivity index (χ0n) is 15.3. The van der Waals surface area contributed by atoms with Crippen LogP contribution >= 0.6 is 0 Å². The van der Waals surface area contributed by atoms with Crippen LogP contribution in [0.3, 0.4) is 0 Å². The summed E-state index contributed by atoms with van der Waals surface area (Å²) in [4.78, 5) is 0. The van der Waals surface area contributed by atoms with Gasteiger partial charge in [0.05, 0.1) is 13.2 Å². The van der Waals surface area contributed by atoms with Gasteiger partial charge >= 0.3 is 0 Å². The molecule has 0 saturated carbocycles. The third-order valence-corrected chi connectivity index (χ3v) is 5.18. The van der Waals surface area contributed by atoms with Gasteiger partial charge in [0.15, 0.2) is 0 Å². The second-order valence-electron chi connectivity index (χ2n) is 7.14. The summed E-state index contributed by atoms with van der Waals surface area (Å²) >= 11 is 0. The normalized spacial score (nSPS) is 43.2. The summed E-state index contributed by atoms with van der Waals surface area (Å²) < 4.78 is 16.3. The molecule has 11 heteroatoms. The minimum Gasteiger partial charge on any atom is -0.462 e. The highest BCUT2D eigenvalue weighted by Crippen LogP contribution is 2.34. The fraction of sp³-hybridized carbons (Fsp3) is 0.667. The lowest BCUT2D eigenvalue weighted by atomic mass is 9.91. The molecule has 0 radical (unpaired) electrons. The van der Waals surface area contributed by atoms with Gasteiger partial charge in [-0.2, -0.15) is 0 Å². The molecular formula is C18H26O11. The maximum atomic E-state index is 10.2. The molecule has 8 N–H and O–H groups in total. The molecule has 0 aromatic heterocycles. The summed E-state index contributed by atoms with van der Waals surface area (Å²) in [5.74, 6) is 0.142. The first-order valence-electron chi connectivity index (χ1n) is 9.16. The Morgan fingerprint density at radius 2 is 1.31 bits per heavy atom. The molecule has 29 heavy (non-hydrogen) atoms. The molecular weight excluding hydrogens is 392 g/mol. The van der Waals surface area contributed by atoms with E-state index >= 15 is 0 Å². The average Bonchev–Trinajstić information content (AvgIpc) is 2.73. The minimum atomic E-state index is -1.60. The van der Waals surface area contributed by atoms with Crippen LogP contribution in [-0.2, 0) is 9.47 Å². The molecule has 2 aliphatic rings. The minimum absolute atomic E-state index is 0.142. The molecule has 11 nitrogen and oxygen atoms in total. The summed E-state index contributed by atoms with van der Waals surface area (Å²) in [6.07, 6.45) is -13.9. The van der Waals surface area contributed by atoms with E-state index in [1.54, 1.807) is 6.07 Å². The Morgan fingerprint density at radius 1 is 0.724 bits per heavy atom. The van der Waals surface area contributed by atoms with Crippen LogP contribution in [0.25, 0.3) is 0 Å². The summed E-state index contributed by atoms with van der Waals surface area (Å²) in [5, 5.41) is 78.4. The highest BCUT2D eigenvalue weighted by atomic mass is 16.7. The molecule has 0 bridgehead atoms. The topological polar surface area (TPSA) is 190 Å². The maximum absolute atomic E-state index is 10.2. The second kappa shape index (κ2) is 9.18. The quantitative estimate of drug-likeness (QED) is 0.236. The van der Waals surface area contributed by atoms with Crippen molar-refractivity contribution in [1.29, 1.82) is 0 Å². The van der Waals surface area contributed by atoms with Crippen LogP contribution < -0.4 is 4.74 Å². The molecule has 2 fully saturated rings. The van der Waals surface area contributed by atoms with Crippen molar-refractivity contribution in [2.75, 3.05) is 13.2 Å². The standard InChI is InChI=1S/C18H26O11/c19-5-9-11(21)13(23)15(25)17(28-9)7-2-1-3-8(4-7)27-18-16(26)14(24)12(22)10(6-20)29-18/h1-4,9-26H,5-6H2/t9-,10-,11-,12-,13+,14-,15+,16-,17-,18+/m1/s1. The lowest BCUT2D eigenvalue weighted by molar-refractivity contribution is -0.277. The van der Waals surface area contributed by atoms with Gasteiger partial charge in [-0.05, 0) is 17.7 Å². The molecule has 1 aromatic rings. The van der Waals surface area contributed by atoms with Gasteiger partial charge in [0.2, 0.25) is 6.29 Å². The zero-order chi connectivity index (χ0) is 21.3. The van der Waals surface area contributed by atoms with E-state index in [-0.39, 0.29) is 5.75 Å². The van der Waals surface area contributed by atoms with Gasteiger partial charge in [0.25, 0.3) is 0 Å². The van der Waals surface area contributed by atoms with Gasteiger partial charge in [-0.25, -0.2) is 0 Å². The molecule has 2 saturated heterocycles. The van der Waals surface area contributed by atoms with Crippen LogP contribution in [0.1, 0.15) is 11.7 Å². The molecule has 2 aliphatic heterocycles. The molecule has 10 atom stereocenters. The molecule has 0 amide bonds. The molecule has 0 spiro atoms. The van der Waals surface area contributed by atoms with Crippen LogP contribution in [0, 0.1) is 0 Å². The van der Waals surface area contributed by atoms with Crippen molar-refractivity contribution in [2.24, 2.45) is 0 Å². The van der Waals surface area contributed by atoms with E-state index < -0.39 is 74.4 Å². The van der Waals surface area contributed by atoms with Gasteiger partial charge in [-0.1, -0.05) is 12.1 Å². The highest BCUT2D eigenvalue weighted by Gasteiger charge is 2.46. The average molecular weight is 418 g/mol. The van der Waals surface area contributed by atoms with Gasteiger partial charge < -0.3 is 55.1 Å². The van der Waals surface area contributed by atoms with Gasteiger partial charge in [0.1, 0.15) is 60.7 Å². The summed E-state index contributed by atoms with van der Waals surface area (Å²) in [6.45, 7) is -1.17. The third kappa shape index (κ3) is 4.39. The first-order valence-corrected chi connectivity index (χ1v) is 9.16. The number of rotatable bonds is 5. The molecule has 1 aromatic carbocycles. The van der Waals surface area contributed by atoms with E-state index in [1.165, 1.54) is 18.2 Å². The smallest absolute Gasteiger partial charge is 0.229 e. The van der Waals surface area contributed by atoms with Crippen molar-refractivity contribution in [3.63, 3.8) is 0 Å². The van der Waals surface area contributed by atoms with Crippen molar-refractivity contribution >= 4 is 0 Å². The van der Waals surface area contributed by atoms with Crippen LogP contribution in [0.4, 0.5) is 0 Å². The first kappa shape index (κ1) is 22.3. The van der Waals surface area contributed by atoms with Crippen LogP contribution in [0.2, 0.25) is 0 Å². The molecule has 3 rings (SSSR count). The Hall–Kier alpha value is -1.38. The summed E-state index contributed by atoms with van der Waals surface area (Å²) in [6, 6.07) is 6.02. The first-order chi connectivity index (χ1) is 13.8. The predicted octanol–water partition coefficient (Wildman–Crippen LogP) is -3.62. The van der Waals surface area contributed by atoms with Crippen LogP contribution in [0.15, 0.2) is 24.3 Å². The number of hydrogen-bond acceptors (Lipinski definition) is 11. The second-order valence-corrected chi connectivity index (χ2v) is 7.14. The third-order valence-electron chi connectivity index (χ3n) is 5.18. The SMILES string of the molecule is OC[C@H]1O[C@H](c2cccc(O[C@H]3O[C@H](CO)[C@@H](O)[C@@H](O)[C@H]3O)c2)[C@@H](O)[C@@H](O)[C@@H]1O. The zero-order valence-corrected chi connectivity index (χ0v) is 15.3. The van der Waals surface area contributed by atoms with E-state index in [0.29, 0.717) is 5.56 Å². The Bertz CT molecular complexity index is 669. The van der Waals surface area contributed by atoms with E-state index in [4.69, 9.17) is 14.2 Å². The lowest BCUT2D eigenvalue weighted by Gasteiger charge is -2.40. The maximum Gasteiger partial charge on any atom is 0.229 e. The van der Waals surface area contributed by atoms with Gasteiger partial charge in [0, 0.05) is 0 Å². The highest BCUT2D eigenvalue weighted by molar-refractivity contribution is 5.31. The number of ether oxygens (including phenoxy) is 3. The largest absolute Gasteiger partial charge is 0.462 e.